The summed E-state index contributed by atoms with van der Waals surface area (Å²) in [7, 11) is 0. The molecular weight excluding hydrogens is 362 g/mol. The normalized spacial score (nSPS) is 14.3. The molecule has 1 saturated carbocycles. The molecule has 0 spiro atoms. The summed E-state index contributed by atoms with van der Waals surface area (Å²) >= 11 is 0. The van der Waals surface area contributed by atoms with Crippen LogP contribution in [0.5, 0.6) is 0 Å². The standard InChI is InChI=1S/C20H25N3O5/c1-2-28-18(25)13-12-17(24)22-23-20(27)15-8-10-16(11-9-15)21-19(26)14-6-4-3-5-7-14/h8-14H,2-7H2,1H3,(H,21,26)(H,22,24)(H,23,27). The van der Waals surface area contributed by atoms with Gasteiger partial charge in [0.2, 0.25) is 5.91 Å². The number of carbonyl (C=O) groups is 4. The van der Waals surface area contributed by atoms with Crippen LogP contribution in [-0.2, 0) is 19.1 Å². The van der Waals surface area contributed by atoms with E-state index in [1.807, 2.05) is 0 Å². The number of hydrogen-bond acceptors (Lipinski definition) is 5. The van der Waals surface area contributed by atoms with E-state index in [0.29, 0.717) is 11.3 Å². The number of nitrogens with one attached hydrogen (secondary N) is 3. The average molecular weight is 387 g/mol. The first-order chi connectivity index (χ1) is 13.5. The van der Waals surface area contributed by atoms with Crippen molar-refractivity contribution in [3.05, 3.63) is 42.0 Å². The van der Waals surface area contributed by atoms with Gasteiger partial charge in [0.15, 0.2) is 0 Å². The molecule has 0 aliphatic heterocycles. The molecule has 0 radical (unpaired) electrons. The minimum Gasteiger partial charge on any atom is -0.463 e. The van der Waals surface area contributed by atoms with Crippen LogP contribution >= 0.6 is 0 Å². The van der Waals surface area contributed by atoms with E-state index in [0.717, 1.165) is 37.8 Å². The molecule has 1 aliphatic rings. The van der Waals surface area contributed by atoms with Gasteiger partial charge in [0.05, 0.1) is 6.61 Å². The summed E-state index contributed by atoms with van der Waals surface area (Å²) in [4.78, 5) is 46.9. The van der Waals surface area contributed by atoms with Crippen LogP contribution in [-0.4, -0.2) is 30.3 Å². The minimum absolute atomic E-state index is 0.0116. The van der Waals surface area contributed by atoms with Crippen molar-refractivity contribution in [1.82, 2.24) is 10.9 Å². The third kappa shape index (κ3) is 6.86. The van der Waals surface area contributed by atoms with Gasteiger partial charge >= 0.3 is 5.97 Å². The number of hydrogen-bond donors (Lipinski definition) is 3. The fraction of sp³-hybridized carbons (Fsp3) is 0.400. The van der Waals surface area contributed by atoms with Crippen molar-refractivity contribution in [2.24, 2.45) is 5.92 Å². The van der Waals surface area contributed by atoms with Crippen LogP contribution in [0.3, 0.4) is 0 Å². The molecule has 1 fully saturated rings. The molecule has 0 atom stereocenters. The topological polar surface area (TPSA) is 114 Å². The fourth-order valence-corrected chi connectivity index (χ4v) is 2.88. The van der Waals surface area contributed by atoms with E-state index in [-0.39, 0.29) is 18.4 Å². The van der Waals surface area contributed by atoms with Crippen LogP contribution in [0, 0.1) is 5.92 Å². The van der Waals surface area contributed by atoms with Crippen LogP contribution in [0.25, 0.3) is 0 Å². The number of ether oxygens (including phenoxy) is 1. The third-order valence-electron chi connectivity index (χ3n) is 4.35. The predicted molar refractivity (Wildman–Crippen MR) is 103 cm³/mol. The predicted octanol–water partition coefficient (Wildman–Crippen LogP) is 2.09. The summed E-state index contributed by atoms with van der Waals surface area (Å²) in [6.45, 7) is 1.86. The monoisotopic (exact) mass is 387 g/mol. The summed E-state index contributed by atoms with van der Waals surface area (Å²) in [6, 6.07) is 6.37. The maximum absolute atomic E-state index is 12.2. The van der Waals surface area contributed by atoms with Gasteiger partial charge in [0, 0.05) is 29.3 Å². The van der Waals surface area contributed by atoms with Gasteiger partial charge in [-0.2, -0.15) is 0 Å². The van der Waals surface area contributed by atoms with Gasteiger partial charge in [-0.3, -0.25) is 25.2 Å². The van der Waals surface area contributed by atoms with Crippen LogP contribution < -0.4 is 16.2 Å². The second kappa shape index (κ2) is 10.9. The molecule has 28 heavy (non-hydrogen) atoms. The lowest BCUT2D eigenvalue weighted by molar-refractivity contribution is -0.137. The number of benzene rings is 1. The summed E-state index contributed by atoms with van der Waals surface area (Å²) in [5.41, 5.74) is 5.33. The van der Waals surface area contributed by atoms with Crippen molar-refractivity contribution in [1.29, 1.82) is 0 Å². The van der Waals surface area contributed by atoms with Crippen LogP contribution in [0.15, 0.2) is 36.4 Å². The number of amides is 3. The Labute approximate surface area is 163 Å². The zero-order valence-electron chi connectivity index (χ0n) is 15.8. The van der Waals surface area contributed by atoms with Crippen LogP contribution in [0.2, 0.25) is 0 Å². The fourth-order valence-electron chi connectivity index (χ4n) is 2.88. The molecule has 150 valence electrons. The molecule has 0 unspecified atom stereocenters. The van der Waals surface area contributed by atoms with Gasteiger partial charge in [0.25, 0.3) is 11.8 Å². The lowest BCUT2D eigenvalue weighted by Crippen LogP contribution is -2.40. The number of hydrazine groups is 1. The molecule has 1 aliphatic carbocycles. The highest BCUT2D eigenvalue weighted by Gasteiger charge is 2.21. The van der Waals surface area contributed by atoms with Gasteiger partial charge < -0.3 is 10.1 Å². The largest absolute Gasteiger partial charge is 0.463 e. The first-order valence-electron chi connectivity index (χ1n) is 9.35. The molecule has 8 nitrogen and oxygen atoms in total. The molecule has 0 heterocycles. The quantitative estimate of drug-likeness (QED) is 0.393. The second-order valence-corrected chi connectivity index (χ2v) is 6.43. The maximum Gasteiger partial charge on any atom is 0.330 e. The van der Waals surface area contributed by atoms with Crippen molar-refractivity contribution >= 4 is 29.4 Å². The lowest BCUT2D eigenvalue weighted by atomic mass is 9.88. The number of esters is 1. The smallest absolute Gasteiger partial charge is 0.330 e. The second-order valence-electron chi connectivity index (χ2n) is 6.43. The molecule has 8 heteroatoms. The Balaban J connectivity index is 1.80. The lowest BCUT2D eigenvalue weighted by Gasteiger charge is -2.20. The van der Waals surface area contributed by atoms with Crippen molar-refractivity contribution in [2.75, 3.05) is 11.9 Å². The first-order valence-corrected chi connectivity index (χ1v) is 9.35. The van der Waals surface area contributed by atoms with E-state index in [2.05, 4.69) is 20.9 Å². The molecule has 0 bridgehead atoms. The Morgan fingerprint density at radius 3 is 2.32 bits per heavy atom. The van der Waals surface area contributed by atoms with Crippen LogP contribution in [0.1, 0.15) is 49.4 Å². The van der Waals surface area contributed by atoms with E-state index in [4.69, 9.17) is 0 Å². The van der Waals surface area contributed by atoms with Crippen molar-refractivity contribution in [3.8, 4) is 0 Å². The average Bonchev–Trinajstić information content (AvgIpc) is 2.72. The van der Waals surface area contributed by atoms with Crippen LogP contribution in [0.4, 0.5) is 5.69 Å². The van der Waals surface area contributed by atoms with E-state index >= 15 is 0 Å². The minimum atomic E-state index is -0.669. The van der Waals surface area contributed by atoms with E-state index in [1.165, 1.54) is 6.42 Å². The Bertz CT molecular complexity index is 737. The van der Waals surface area contributed by atoms with Gasteiger partial charge in [-0.1, -0.05) is 19.3 Å². The zero-order chi connectivity index (χ0) is 20.4. The SMILES string of the molecule is CCOC(=O)C=CC(=O)NNC(=O)c1ccc(NC(=O)C2CCCCC2)cc1. The van der Waals surface area contributed by atoms with E-state index in [9.17, 15) is 19.2 Å². The molecule has 3 amide bonds. The number of carbonyl (C=O) groups excluding carboxylic acids is 4. The first kappa shape index (κ1) is 21.1. The summed E-state index contributed by atoms with van der Waals surface area (Å²) in [6.07, 6.45) is 7.10. The Hall–Kier alpha value is -3.16. The van der Waals surface area contributed by atoms with Crippen molar-refractivity contribution < 1.29 is 23.9 Å². The summed E-state index contributed by atoms with van der Waals surface area (Å²) in [5.74, 6) is -1.78. The maximum atomic E-state index is 12.2. The Morgan fingerprint density at radius 2 is 1.68 bits per heavy atom. The van der Waals surface area contributed by atoms with Gasteiger partial charge in [-0.05, 0) is 44.0 Å². The molecular formula is C20H25N3O5. The molecule has 3 N–H and O–H groups in total. The highest BCUT2D eigenvalue weighted by atomic mass is 16.5. The Kier molecular flexibility index (Phi) is 8.20. The van der Waals surface area contributed by atoms with Gasteiger partial charge in [-0.25, -0.2) is 4.79 Å². The van der Waals surface area contributed by atoms with Gasteiger partial charge in [-0.15, -0.1) is 0 Å². The molecule has 0 aromatic heterocycles. The Morgan fingerprint density at radius 1 is 1.00 bits per heavy atom. The molecule has 1 aromatic carbocycles. The highest BCUT2D eigenvalue weighted by molar-refractivity contribution is 5.99. The third-order valence-corrected chi connectivity index (χ3v) is 4.35. The highest BCUT2D eigenvalue weighted by Crippen LogP contribution is 2.25. The molecule has 2 rings (SSSR count). The number of rotatable bonds is 6. The summed E-state index contributed by atoms with van der Waals surface area (Å²) < 4.78 is 4.64. The van der Waals surface area contributed by atoms with Gasteiger partial charge in [0.1, 0.15) is 0 Å². The molecule has 0 saturated heterocycles. The van der Waals surface area contributed by atoms with Crippen molar-refractivity contribution in [3.63, 3.8) is 0 Å². The number of anilines is 1. The van der Waals surface area contributed by atoms with E-state index in [1.54, 1.807) is 31.2 Å². The zero-order valence-corrected chi connectivity index (χ0v) is 15.8. The van der Waals surface area contributed by atoms with Crippen molar-refractivity contribution in [2.45, 2.75) is 39.0 Å². The summed E-state index contributed by atoms with van der Waals surface area (Å²) in [5, 5.41) is 2.87. The van der Waals surface area contributed by atoms with E-state index < -0.39 is 17.8 Å². The molecule has 1 aromatic rings.